The summed E-state index contributed by atoms with van der Waals surface area (Å²) in [6, 6.07) is 8.22. The van der Waals surface area contributed by atoms with E-state index in [1.165, 1.54) is 69.0 Å². The summed E-state index contributed by atoms with van der Waals surface area (Å²) in [5, 5.41) is 10.5. The van der Waals surface area contributed by atoms with Crippen LogP contribution in [0.3, 0.4) is 0 Å². The number of methoxy groups -OCH3 is 1. The van der Waals surface area contributed by atoms with Crippen molar-refractivity contribution in [3.63, 3.8) is 0 Å². The van der Waals surface area contributed by atoms with Crippen LogP contribution >= 0.6 is 0 Å². The monoisotopic (exact) mass is 452 g/mol. The van der Waals surface area contributed by atoms with Crippen molar-refractivity contribution in [3.05, 3.63) is 36.0 Å². The summed E-state index contributed by atoms with van der Waals surface area (Å²) in [5.41, 5.74) is 2.35. The smallest absolute Gasteiger partial charge is 0.303 e. The Morgan fingerprint density at radius 1 is 1.12 bits per heavy atom. The molecule has 2 aliphatic rings. The highest BCUT2D eigenvalue weighted by Crippen LogP contribution is 2.34. The number of carboxylic acids is 1. The molecule has 1 saturated carbocycles. The van der Waals surface area contributed by atoms with E-state index in [0.29, 0.717) is 18.3 Å². The van der Waals surface area contributed by atoms with Gasteiger partial charge >= 0.3 is 5.97 Å². The molecule has 2 fully saturated rings. The number of ether oxygens (including phenoxy) is 1. The standard InChI is InChI=1S/C28H40N2O3/c1-33-25-10-11-27-26(19-25)23(13-16-29-27)8-4-7-22-15-18-30(17-14-21-5-2-3-6-21)20-24(22)9-12-28(31)32/h10-11,13,16,19,21-22,24H,2-9,12,14-15,17-18,20H2,1H3,(H,31,32)/t22-,24+/m1/s1. The molecule has 0 radical (unpaired) electrons. The van der Waals surface area contributed by atoms with Crippen molar-refractivity contribution >= 4 is 16.9 Å². The first-order valence-electron chi connectivity index (χ1n) is 13.0. The number of nitrogens with zero attached hydrogens (tertiary/aromatic N) is 2. The van der Waals surface area contributed by atoms with Gasteiger partial charge in [-0.2, -0.15) is 0 Å². The first kappa shape index (κ1) is 24.0. The highest BCUT2D eigenvalue weighted by atomic mass is 16.5. The number of carbonyl (C=O) groups is 1. The van der Waals surface area contributed by atoms with E-state index < -0.39 is 5.97 Å². The van der Waals surface area contributed by atoms with Gasteiger partial charge in [-0.25, -0.2) is 0 Å². The number of piperidine rings is 1. The summed E-state index contributed by atoms with van der Waals surface area (Å²) < 4.78 is 5.42. The number of hydrogen-bond acceptors (Lipinski definition) is 4. The first-order chi connectivity index (χ1) is 16.1. The molecular weight excluding hydrogens is 412 g/mol. The second kappa shape index (κ2) is 11.8. The number of pyridine rings is 1. The number of rotatable bonds is 11. The molecule has 5 heteroatoms. The van der Waals surface area contributed by atoms with Gasteiger partial charge in [-0.3, -0.25) is 9.78 Å². The van der Waals surface area contributed by atoms with E-state index in [1.54, 1.807) is 7.11 Å². The SMILES string of the molecule is COc1ccc2nccc(CCC[C@@H]3CCN(CCC4CCCC4)C[C@@H]3CCC(=O)O)c2c1. The lowest BCUT2D eigenvalue weighted by Gasteiger charge is -2.39. The highest BCUT2D eigenvalue weighted by molar-refractivity contribution is 5.83. The van der Waals surface area contributed by atoms with E-state index in [0.717, 1.165) is 43.0 Å². The maximum absolute atomic E-state index is 11.3. The number of hydrogen-bond donors (Lipinski definition) is 1. The summed E-state index contributed by atoms with van der Waals surface area (Å²) >= 11 is 0. The topological polar surface area (TPSA) is 62.7 Å². The van der Waals surface area contributed by atoms with Crippen LogP contribution in [0, 0.1) is 17.8 Å². The molecule has 1 aliphatic carbocycles. The lowest BCUT2D eigenvalue weighted by atomic mass is 9.79. The predicted octanol–water partition coefficient (Wildman–Crippen LogP) is 5.95. The second-order valence-electron chi connectivity index (χ2n) is 10.2. The van der Waals surface area contributed by atoms with Crippen molar-refractivity contribution in [3.8, 4) is 5.75 Å². The summed E-state index contributed by atoms with van der Waals surface area (Å²) in [5.74, 6) is 2.28. The van der Waals surface area contributed by atoms with Crippen molar-refractivity contribution in [1.29, 1.82) is 0 Å². The number of likely N-dealkylation sites (tertiary alicyclic amines) is 1. The molecule has 0 unspecified atom stereocenters. The molecule has 5 nitrogen and oxygen atoms in total. The van der Waals surface area contributed by atoms with Crippen LogP contribution < -0.4 is 4.74 Å². The fraction of sp³-hybridized carbons (Fsp3) is 0.643. The Kier molecular flexibility index (Phi) is 8.60. The second-order valence-corrected chi connectivity index (χ2v) is 10.2. The Balaban J connectivity index is 1.33. The zero-order valence-electron chi connectivity index (χ0n) is 20.2. The average Bonchev–Trinajstić information content (AvgIpc) is 3.36. The van der Waals surface area contributed by atoms with Gasteiger partial charge in [0.15, 0.2) is 0 Å². The fourth-order valence-corrected chi connectivity index (χ4v) is 6.12. The van der Waals surface area contributed by atoms with Gasteiger partial charge in [-0.05, 0) is 99.2 Å². The molecule has 0 amide bonds. The Labute approximate surface area is 198 Å². The van der Waals surface area contributed by atoms with E-state index in [2.05, 4.69) is 22.0 Å². The Bertz CT molecular complexity index is 909. The molecule has 0 bridgehead atoms. The average molecular weight is 453 g/mol. The van der Waals surface area contributed by atoms with Gasteiger partial charge in [0, 0.05) is 24.5 Å². The molecule has 1 aromatic heterocycles. The molecule has 1 aliphatic heterocycles. The van der Waals surface area contributed by atoms with Crippen molar-refractivity contribution in [2.75, 3.05) is 26.7 Å². The molecule has 2 heterocycles. The van der Waals surface area contributed by atoms with Crippen molar-refractivity contribution in [2.45, 2.75) is 70.6 Å². The molecule has 2 atom stereocenters. The van der Waals surface area contributed by atoms with Crippen LogP contribution in [-0.4, -0.2) is 47.7 Å². The van der Waals surface area contributed by atoms with Crippen LogP contribution in [0.4, 0.5) is 0 Å². The maximum Gasteiger partial charge on any atom is 0.303 e. The minimum absolute atomic E-state index is 0.298. The minimum Gasteiger partial charge on any atom is -0.497 e. The molecule has 0 spiro atoms. The van der Waals surface area contributed by atoms with Crippen molar-refractivity contribution < 1.29 is 14.6 Å². The van der Waals surface area contributed by atoms with Crippen molar-refractivity contribution in [1.82, 2.24) is 9.88 Å². The number of aryl methyl sites for hydroxylation is 1. The normalized spacial score (nSPS) is 22.1. The third-order valence-corrected chi connectivity index (χ3v) is 8.09. The summed E-state index contributed by atoms with van der Waals surface area (Å²) in [6.07, 6.45) is 14.5. The predicted molar refractivity (Wildman–Crippen MR) is 133 cm³/mol. The van der Waals surface area contributed by atoms with Gasteiger partial charge in [0.05, 0.1) is 12.6 Å². The fourth-order valence-electron chi connectivity index (χ4n) is 6.12. The molecule has 33 heavy (non-hydrogen) atoms. The third-order valence-electron chi connectivity index (χ3n) is 8.09. The van der Waals surface area contributed by atoms with E-state index >= 15 is 0 Å². The molecule has 4 rings (SSSR count). The summed E-state index contributed by atoms with van der Waals surface area (Å²) in [6.45, 7) is 3.46. The van der Waals surface area contributed by atoms with Gasteiger partial charge in [-0.15, -0.1) is 0 Å². The van der Waals surface area contributed by atoms with Gasteiger partial charge in [0.1, 0.15) is 5.75 Å². The van der Waals surface area contributed by atoms with Gasteiger partial charge in [0.25, 0.3) is 0 Å². The zero-order valence-corrected chi connectivity index (χ0v) is 20.2. The van der Waals surface area contributed by atoms with Crippen molar-refractivity contribution in [2.24, 2.45) is 17.8 Å². The van der Waals surface area contributed by atoms with E-state index in [4.69, 9.17) is 4.74 Å². The maximum atomic E-state index is 11.3. The molecular formula is C28H40N2O3. The van der Waals surface area contributed by atoms with Crippen LogP contribution in [0.2, 0.25) is 0 Å². The molecule has 1 aromatic carbocycles. The van der Waals surface area contributed by atoms with Gasteiger partial charge in [-0.1, -0.05) is 25.7 Å². The van der Waals surface area contributed by atoms with Gasteiger partial charge < -0.3 is 14.7 Å². The summed E-state index contributed by atoms with van der Waals surface area (Å²) in [4.78, 5) is 18.4. The number of carboxylic acid groups (broad SMARTS) is 1. The summed E-state index contributed by atoms with van der Waals surface area (Å²) in [7, 11) is 1.70. The van der Waals surface area contributed by atoms with Crippen LogP contribution in [0.15, 0.2) is 30.5 Å². The van der Waals surface area contributed by atoms with Crippen LogP contribution in [0.1, 0.15) is 69.8 Å². The third kappa shape index (κ3) is 6.69. The minimum atomic E-state index is -0.658. The number of benzene rings is 1. The van der Waals surface area contributed by atoms with Crippen LogP contribution in [-0.2, 0) is 11.2 Å². The lowest BCUT2D eigenvalue weighted by Crippen LogP contribution is -2.41. The van der Waals surface area contributed by atoms with Crippen LogP contribution in [0.25, 0.3) is 10.9 Å². The van der Waals surface area contributed by atoms with Crippen LogP contribution in [0.5, 0.6) is 5.75 Å². The number of fused-ring (bicyclic) bond motifs is 1. The highest BCUT2D eigenvalue weighted by Gasteiger charge is 2.29. The lowest BCUT2D eigenvalue weighted by molar-refractivity contribution is -0.137. The quantitative estimate of drug-likeness (QED) is 0.456. The molecule has 1 saturated heterocycles. The van der Waals surface area contributed by atoms with E-state index in [1.807, 2.05) is 18.3 Å². The first-order valence-corrected chi connectivity index (χ1v) is 13.0. The van der Waals surface area contributed by atoms with E-state index in [9.17, 15) is 9.90 Å². The molecule has 2 aromatic rings. The number of aromatic nitrogens is 1. The zero-order chi connectivity index (χ0) is 23.0. The molecule has 180 valence electrons. The Morgan fingerprint density at radius 3 is 2.76 bits per heavy atom. The molecule has 1 N–H and O–H groups in total. The Hall–Kier alpha value is -2.14. The Morgan fingerprint density at radius 2 is 1.97 bits per heavy atom. The van der Waals surface area contributed by atoms with Gasteiger partial charge in [0.2, 0.25) is 0 Å². The largest absolute Gasteiger partial charge is 0.497 e. The number of aliphatic carboxylic acids is 1. The van der Waals surface area contributed by atoms with E-state index in [-0.39, 0.29) is 0 Å².